The van der Waals surface area contributed by atoms with Gasteiger partial charge >= 0.3 is 6.18 Å². The number of aromatic nitrogens is 2. The van der Waals surface area contributed by atoms with Crippen molar-refractivity contribution in [1.82, 2.24) is 10.2 Å². The van der Waals surface area contributed by atoms with E-state index in [2.05, 4.69) is 15.5 Å². The van der Waals surface area contributed by atoms with Crippen molar-refractivity contribution in [2.24, 2.45) is 0 Å². The molecular weight excluding hydrogens is 347 g/mol. The second-order valence-electron chi connectivity index (χ2n) is 5.49. The van der Waals surface area contributed by atoms with E-state index in [1.165, 1.54) is 12.1 Å². The third kappa shape index (κ3) is 4.47. The zero-order chi connectivity index (χ0) is 18.6. The number of amides is 1. The number of nitrogens with one attached hydrogen (secondary N) is 1. The molecule has 0 aliphatic rings. The van der Waals surface area contributed by atoms with Gasteiger partial charge in [-0.3, -0.25) is 4.79 Å². The first-order chi connectivity index (χ1) is 12.4. The van der Waals surface area contributed by atoms with Gasteiger partial charge in [0, 0.05) is 24.1 Å². The molecule has 0 bridgehead atoms. The number of rotatable bonds is 5. The van der Waals surface area contributed by atoms with Gasteiger partial charge in [0.15, 0.2) is 0 Å². The zero-order valence-electron chi connectivity index (χ0n) is 13.5. The maximum atomic E-state index is 12.7. The largest absolute Gasteiger partial charge is 0.421 e. The summed E-state index contributed by atoms with van der Waals surface area (Å²) in [7, 11) is 0. The average Bonchev–Trinajstić information content (AvgIpc) is 3.09. The van der Waals surface area contributed by atoms with Gasteiger partial charge in [-0.15, -0.1) is 10.2 Å². The molecule has 5 nitrogen and oxygen atoms in total. The highest BCUT2D eigenvalue weighted by atomic mass is 19.4. The van der Waals surface area contributed by atoms with E-state index in [0.29, 0.717) is 5.89 Å². The van der Waals surface area contributed by atoms with E-state index in [1.807, 2.05) is 30.3 Å². The van der Waals surface area contributed by atoms with Crippen LogP contribution in [-0.2, 0) is 17.4 Å². The summed E-state index contributed by atoms with van der Waals surface area (Å²) in [6.45, 7) is 0. The third-order valence-electron chi connectivity index (χ3n) is 3.53. The van der Waals surface area contributed by atoms with Crippen molar-refractivity contribution in [1.29, 1.82) is 0 Å². The lowest BCUT2D eigenvalue weighted by atomic mass is 10.2. The Kier molecular flexibility index (Phi) is 5.01. The Balaban J connectivity index is 1.57. The number of aryl methyl sites for hydroxylation is 1. The first kappa shape index (κ1) is 17.7. The van der Waals surface area contributed by atoms with Crippen LogP contribution >= 0.6 is 0 Å². The first-order valence-corrected chi connectivity index (χ1v) is 7.77. The van der Waals surface area contributed by atoms with Crippen molar-refractivity contribution in [3.63, 3.8) is 0 Å². The van der Waals surface area contributed by atoms with Crippen molar-refractivity contribution < 1.29 is 22.4 Å². The Hall–Kier alpha value is -3.16. The fourth-order valence-electron chi connectivity index (χ4n) is 2.27. The molecule has 1 amide bonds. The highest BCUT2D eigenvalue weighted by Crippen LogP contribution is 2.30. The van der Waals surface area contributed by atoms with Crippen LogP contribution in [-0.4, -0.2) is 16.1 Å². The number of carbonyl (C=O) groups excluding carboxylic acids is 1. The molecule has 3 aromatic rings. The van der Waals surface area contributed by atoms with Crippen LogP contribution in [0.3, 0.4) is 0 Å². The second-order valence-corrected chi connectivity index (χ2v) is 5.49. The van der Waals surface area contributed by atoms with Crippen molar-refractivity contribution >= 4 is 11.6 Å². The van der Waals surface area contributed by atoms with Crippen LogP contribution in [0.15, 0.2) is 59.0 Å². The van der Waals surface area contributed by atoms with Crippen LogP contribution in [0, 0.1) is 0 Å². The smallest absolute Gasteiger partial charge is 0.416 e. The van der Waals surface area contributed by atoms with E-state index in [4.69, 9.17) is 4.42 Å². The highest BCUT2D eigenvalue weighted by Gasteiger charge is 2.30. The molecule has 0 unspecified atom stereocenters. The maximum absolute atomic E-state index is 12.7. The Labute approximate surface area is 146 Å². The molecular formula is C18H14F3N3O2. The van der Waals surface area contributed by atoms with Crippen molar-refractivity contribution in [3.8, 4) is 11.5 Å². The van der Waals surface area contributed by atoms with Crippen LogP contribution in [0.2, 0.25) is 0 Å². The third-order valence-corrected chi connectivity index (χ3v) is 3.53. The van der Waals surface area contributed by atoms with E-state index in [1.54, 1.807) is 0 Å². The van der Waals surface area contributed by atoms with Gasteiger partial charge in [-0.25, -0.2) is 0 Å². The lowest BCUT2D eigenvalue weighted by molar-refractivity contribution is -0.137. The molecule has 134 valence electrons. The number of hydrogen-bond acceptors (Lipinski definition) is 4. The summed E-state index contributed by atoms with van der Waals surface area (Å²) in [6, 6.07) is 13.6. The quantitative estimate of drug-likeness (QED) is 0.735. The zero-order valence-corrected chi connectivity index (χ0v) is 13.5. The minimum atomic E-state index is -4.46. The lowest BCUT2D eigenvalue weighted by Crippen LogP contribution is -2.13. The van der Waals surface area contributed by atoms with Crippen molar-refractivity contribution in [3.05, 3.63) is 66.1 Å². The van der Waals surface area contributed by atoms with E-state index >= 15 is 0 Å². The molecule has 0 radical (unpaired) electrons. The Morgan fingerprint density at radius 1 is 1.04 bits per heavy atom. The minimum absolute atomic E-state index is 0.00662. The van der Waals surface area contributed by atoms with Crippen molar-refractivity contribution in [2.45, 2.75) is 19.0 Å². The standard InChI is InChI=1S/C18H14F3N3O2/c19-18(20,21)13-7-4-8-14(11-13)22-15(25)9-10-16-23-24-17(26-16)12-5-2-1-3-6-12/h1-8,11H,9-10H2,(H,22,25). The summed E-state index contributed by atoms with van der Waals surface area (Å²) in [5.41, 5.74) is 0.0275. The maximum Gasteiger partial charge on any atom is 0.416 e. The average molecular weight is 361 g/mol. The Morgan fingerprint density at radius 2 is 1.81 bits per heavy atom. The second kappa shape index (κ2) is 7.38. The molecule has 0 saturated heterocycles. The predicted octanol–water partition coefficient (Wildman–Crippen LogP) is 4.33. The van der Waals surface area contributed by atoms with Gasteiger partial charge in [0.05, 0.1) is 5.56 Å². The van der Waals surface area contributed by atoms with E-state index in [0.717, 1.165) is 17.7 Å². The van der Waals surface area contributed by atoms with Gasteiger partial charge in [-0.2, -0.15) is 13.2 Å². The molecule has 0 atom stereocenters. The molecule has 1 N–H and O–H groups in total. The van der Waals surface area contributed by atoms with Crippen LogP contribution in [0.5, 0.6) is 0 Å². The Morgan fingerprint density at radius 3 is 2.54 bits per heavy atom. The summed E-state index contributed by atoms with van der Waals surface area (Å²) in [6.07, 6.45) is -4.27. The lowest BCUT2D eigenvalue weighted by Gasteiger charge is -2.09. The molecule has 1 heterocycles. The molecule has 26 heavy (non-hydrogen) atoms. The monoisotopic (exact) mass is 361 g/mol. The van der Waals surface area contributed by atoms with Crippen LogP contribution in [0.4, 0.5) is 18.9 Å². The van der Waals surface area contributed by atoms with Gasteiger partial charge in [0.2, 0.25) is 17.7 Å². The van der Waals surface area contributed by atoms with Gasteiger partial charge in [-0.05, 0) is 30.3 Å². The van der Waals surface area contributed by atoms with Gasteiger partial charge in [0.1, 0.15) is 0 Å². The fourth-order valence-corrected chi connectivity index (χ4v) is 2.27. The molecule has 0 aliphatic heterocycles. The molecule has 3 rings (SSSR count). The number of anilines is 1. The summed E-state index contributed by atoms with van der Waals surface area (Å²) in [4.78, 5) is 11.9. The first-order valence-electron chi connectivity index (χ1n) is 7.77. The van der Waals surface area contributed by atoms with Crippen LogP contribution in [0.25, 0.3) is 11.5 Å². The normalized spacial score (nSPS) is 11.3. The van der Waals surface area contributed by atoms with E-state index in [9.17, 15) is 18.0 Å². The van der Waals surface area contributed by atoms with Gasteiger partial charge in [0.25, 0.3) is 0 Å². The molecule has 1 aromatic heterocycles. The molecule has 2 aromatic carbocycles. The molecule has 0 aliphatic carbocycles. The van der Waals surface area contributed by atoms with Crippen LogP contribution < -0.4 is 5.32 Å². The summed E-state index contributed by atoms with van der Waals surface area (Å²) in [5, 5.41) is 10.2. The molecule has 0 spiro atoms. The minimum Gasteiger partial charge on any atom is -0.421 e. The summed E-state index contributed by atoms with van der Waals surface area (Å²) >= 11 is 0. The Bertz CT molecular complexity index is 892. The SMILES string of the molecule is O=C(CCc1nnc(-c2ccccc2)o1)Nc1cccc(C(F)(F)F)c1. The predicted molar refractivity (Wildman–Crippen MR) is 88.1 cm³/mol. The number of carbonyl (C=O) groups is 1. The summed E-state index contributed by atoms with van der Waals surface area (Å²) in [5.74, 6) is 0.186. The highest BCUT2D eigenvalue weighted by molar-refractivity contribution is 5.90. The number of hydrogen-bond donors (Lipinski definition) is 1. The molecule has 0 fully saturated rings. The van der Waals surface area contributed by atoms with E-state index in [-0.39, 0.29) is 24.4 Å². The fraction of sp³-hybridized carbons (Fsp3) is 0.167. The van der Waals surface area contributed by atoms with Gasteiger partial charge in [-0.1, -0.05) is 24.3 Å². The van der Waals surface area contributed by atoms with E-state index < -0.39 is 17.6 Å². The molecule has 0 saturated carbocycles. The number of benzene rings is 2. The van der Waals surface area contributed by atoms with Crippen LogP contribution in [0.1, 0.15) is 17.9 Å². The number of halogens is 3. The molecule has 8 heteroatoms. The summed E-state index contributed by atoms with van der Waals surface area (Å²) < 4.78 is 43.5. The number of alkyl halides is 3. The van der Waals surface area contributed by atoms with Gasteiger partial charge < -0.3 is 9.73 Å². The topological polar surface area (TPSA) is 68.0 Å². The number of nitrogens with zero attached hydrogens (tertiary/aromatic N) is 2. The van der Waals surface area contributed by atoms with Crippen molar-refractivity contribution in [2.75, 3.05) is 5.32 Å².